The zero-order valence-electron chi connectivity index (χ0n) is 12.5. The maximum atomic E-state index is 11.4. The maximum absolute atomic E-state index is 11.4. The zero-order valence-corrected chi connectivity index (χ0v) is 14.1. The molecule has 4 nitrogen and oxygen atoms in total. The van der Waals surface area contributed by atoms with Crippen LogP contribution in [0.25, 0.3) is 16.9 Å². The molecule has 116 valence electrons. The molecule has 0 aliphatic rings. The van der Waals surface area contributed by atoms with Crippen LogP contribution in [0.15, 0.2) is 65.3 Å². The normalized spacial score (nSPS) is 12.1. The Hall–Kier alpha value is -2.40. The van der Waals surface area contributed by atoms with Crippen LogP contribution in [0.3, 0.4) is 0 Å². The third kappa shape index (κ3) is 3.19. The van der Waals surface area contributed by atoms with E-state index in [1.165, 1.54) is 0 Å². The zero-order chi connectivity index (χ0) is 16.4. The Morgan fingerprint density at radius 2 is 1.78 bits per heavy atom. The number of carboxylic acids is 1. The number of carboxylic acid groups (broad SMARTS) is 1. The summed E-state index contributed by atoms with van der Waals surface area (Å²) in [6.45, 7) is 1.68. The minimum atomic E-state index is -0.865. The largest absolute Gasteiger partial charge is 0.481 e. The SMILES string of the molecule is CC(C(=O)O)c1cn(-c2ccccc2)nc1-c1ccc(Br)cc1. The molecule has 0 saturated carbocycles. The molecular weight excluding hydrogens is 356 g/mol. The first-order chi connectivity index (χ1) is 11.1. The van der Waals surface area contributed by atoms with Gasteiger partial charge in [-0.15, -0.1) is 0 Å². The van der Waals surface area contributed by atoms with Gasteiger partial charge in [-0.2, -0.15) is 5.10 Å². The van der Waals surface area contributed by atoms with E-state index in [0.717, 1.165) is 15.7 Å². The number of hydrogen-bond acceptors (Lipinski definition) is 2. The van der Waals surface area contributed by atoms with Crippen molar-refractivity contribution in [3.05, 3.63) is 70.8 Å². The van der Waals surface area contributed by atoms with E-state index in [9.17, 15) is 9.90 Å². The van der Waals surface area contributed by atoms with Gasteiger partial charge in [-0.25, -0.2) is 4.68 Å². The highest BCUT2D eigenvalue weighted by atomic mass is 79.9. The van der Waals surface area contributed by atoms with Gasteiger partial charge in [0.25, 0.3) is 0 Å². The number of halogens is 1. The molecule has 1 atom stereocenters. The molecule has 5 heteroatoms. The van der Waals surface area contributed by atoms with Gasteiger partial charge in [0.2, 0.25) is 0 Å². The second kappa shape index (κ2) is 6.38. The number of nitrogens with zero attached hydrogens (tertiary/aromatic N) is 2. The minimum absolute atomic E-state index is 0.633. The maximum Gasteiger partial charge on any atom is 0.310 e. The van der Waals surface area contributed by atoms with Gasteiger partial charge in [-0.05, 0) is 31.2 Å². The van der Waals surface area contributed by atoms with Crippen molar-refractivity contribution in [3.63, 3.8) is 0 Å². The molecule has 23 heavy (non-hydrogen) atoms. The van der Waals surface area contributed by atoms with Crippen molar-refractivity contribution < 1.29 is 9.90 Å². The van der Waals surface area contributed by atoms with Crippen molar-refractivity contribution in [2.24, 2.45) is 0 Å². The van der Waals surface area contributed by atoms with Crippen molar-refractivity contribution in [2.75, 3.05) is 0 Å². The number of benzene rings is 2. The highest BCUT2D eigenvalue weighted by molar-refractivity contribution is 9.10. The van der Waals surface area contributed by atoms with E-state index in [1.807, 2.05) is 54.6 Å². The first kappa shape index (κ1) is 15.5. The second-order valence-electron chi connectivity index (χ2n) is 5.28. The van der Waals surface area contributed by atoms with Gasteiger partial charge in [0.1, 0.15) is 0 Å². The average molecular weight is 371 g/mol. The summed E-state index contributed by atoms with van der Waals surface area (Å²) in [4.78, 5) is 11.4. The predicted molar refractivity (Wildman–Crippen MR) is 92.8 cm³/mol. The van der Waals surface area contributed by atoms with E-state index < -0.39 is 11.9 Å². The molecule has 3 aromatic rings. The van der Waals surface area contributed by atoms with Gasteiger partial charge < -0.3 is 5.11 Å². The Kier molecular flexibility index (Phi) is 4.30. The molecule has 2 aromatic carbocycles. The smallest absolute Gasteiger partial charge is 0.310 e. The topological polar surface area (TPSA) is 55.1 Å². The first-order valence-corrected chi connectivity index (χ1v) is 7.99. The molecule has 0 fully saturated rings. The Bertz CT molecular complexity index is 826. The Balaban J connectivity index is 2.14. The van der Waals surface area contributed by atoms with Crippen molar-refractivity contribution >= 4 is 21.9 Å². The number of para-hydroxylation sites is 1. The Labute approximate surface area is 142 Å². The molecule has 0 aliphatic carbocycles. The molecule has 1 unspecified atom stereocenters. The van der Waals surface area contributed by atoms with E-state index in [4.69, 9.17) is 0 Å². The fourth-order valence-electron chi connectivity index (χ4n) is 2.38. The first-order valence-electron chi connectivity index (χ1n) is 7.20. The lowest BCUT2D eigenvalue weighted by molar-refractivity contribution is -0.138. The number of aromatic nitrogens is 2. The number of carbonyl (C=O) groups is 1. The highest BCUT2D eigenvalue weighted by Crippen LogP contribution is 2.30. The van der Waals surface area contributed by atoms with Crippen LogP contribution in [0.2, 0.25) is 0 Å². The van der Waals surface area contributed by atoms with Crippen LogP contribution in [0.5, 0.6) is 0 Å². The van der Waals surface area contributed by atoms with Crippen molar-refractivity contribution in [1.29, 1.82) is 0 Å². The molecule has 1 aromatic heterocycles. The van der Waals surface area contributed by atoms with E-state index >= 15 is 0 Å². The summed E-state index contributed by atoms with van der Waals surface area (Å²) in [6.07, 6.45) is 1.80. The van der Waals surface area contributed by atoms with Crippen LogP contribution in [0.1, 0.15) is 18.4 Å². The number of hydrogen-bond donors (Lipinski definition) is 1. The van der Waals surface area contributed by atoms with Crippen LogP contribution in [-0.2, 0) is 4.79 Å². The van der Waals surface area contributed by atoms with Crippen LogP contribution in [0, 0.1) is 0 Å². The lowest BCUT2D eigenvalue weighted by Gasteiger charge is -2.06. The summed E-state index contributed by atoms with van der Waals surface area (Å²) in [5.41, 5.74) is 3.18. The van der Waals surface area contributed by atoms with Crippen molar-refractivity contribution in [1.82, 2.24) is 9.78 Å². The van der Waals surface area contributed by atoms with Crippen LogP contribution in [0.4, 0.5) is 0 Å². The Morgan fingerprint density at radius 3 is 2.39 bits per heavy atom. The molecular formula is C18H15BrN2O2. The highest BCUT2D eigenvalue weighted by Gasteiger charge is 2.22. The molecule has 0 radical (unpaired) electrons. The quantitative estimate of drug-likeness (QED) is 0.735. The molecule has 0 saturated heterocycles. The minimum Gasteiger partial charge on any atom is -0.481 e. The lowest BCUT2D eigenvalue weighted by Crippen LogP contribution is -2.07. The summed E-state index contributed by atoms with van der Waals surface area (Å²) in [6, 6.07) is 17.4. The van der Waals surface area contributed by atoms with Gasteiger partial charge in [-0.1, -0.05) is 46.3 Å². The predicted octanol–water partition coefficient (Wildman–Crippen LogP) is 4.49. The summed E-state index contributed by atoms with van der Waals surface area (Å²) in [7, 11) is 0. The lowest BCUT2D eigenvalue weighted by atomic mass is 9.98. The fourth-order valence-corrected chi connectivity index (χ4v) is 2.65. The standard InChI is InChI=1S/C18H15BrN2O2/c1-12(18(22)23)16-11-21(15-5-3-2-4-6-15)20-17(16)13-7-9-14(19)10-8-13/h2-12H,1H3,(H,22,23). The van der Waals surface area contributed by atoms with Crippen LogP contribution >= 0.6 is 15.9 Å². The molecule has 0 amide bonds. The van der Waals surface area contributed by atoms with E-state index in [-0.39, 0.29) is 0 Å². The van der Waals surface area contributed by atoms with Gasteiger partial charge in [0.15, 0.2) is 0 Å². The van der Waals surface area contributed by atoms with E-state index in [1.54, 1.807) is 17.8 Å². The molecule has 1 N–H and O–H groups in total. The Morgan fingerprint density at radius 1 is 1.13 bits per heavy atom. The molecule has 1 heterocycles. The summed E-state index contributed by atoms with van der Waals surface area (Å²) in [5.74, 6) is -1.50. The molecule has 3 rings (SSSR count). The van der Waals surface area contributed by atoms with Crippen LogP contribution < -0.4 is 0 Å². The van der Waals surface area contributed by atoms with Gasteiger partial charge >= 0.3 is 5.97 Å². The third-order valence-electron chi connectivity index (χ3n) is 3.72. The van der Waals surface area contributed by atoms with Gasteiger partial charge in [0.05, 0.1) is 17.3 Å². The number of aliphatic carboxylic acids is 1. The van der Waals surface area contributed by atoms with Crippen molar-refractivity contribution in [3.8, 4) is 16.9 Å². The van der Waals surface area contributed by atoms with Crippen molar-refractivity contribution in [2.45, 2.75) is 12.8 Å². The van der Waals surface area contributed by atoms with Crippen LogP contribution in [-0.4, -0.2) is 20.9 Å². The summed E-state index contributed by atoms with van der Waals surface area (Å²) < 4.78 is 2.70. The summed E-state index contributed by atoms with van der Waals surface area (Å²) >= 11 is 3.41. The summed E-state index contributed by atoms with van der Waals surface area (Å²) in [5, 5.41) is 14.0. The molecule has 0 aliphatic heterocycles. The third-order valence-corrected chi connectivity index (χ3v) is 4.25. The average Bonchev–Trinajstić information content (AvgIpc) is 3.00. The number of rotatable bonds is 4. The fraction of sp³-hybridized carbons (Fsp3) is 0.111. The second-order valence-corrected chi connectivity index (χ2v) is 6.20. The van der Waals surface area contributed by atoms with E-state index in [2.05, 4.69) is 21.0 Å². The van der Waals surface area contributed by atoms with Gasteiger partial charge in [0, 0.05) is 21.8 Å². The molecule has 0 bridgehead atoms. The monoisotopic (exact) mass is 370 g/mol. The van der Waals surface area contributed by atoms with E-state index in [0.29, 0.717) is 11.3 Å². The van der Waals surface area contributed by atoms with Gasteiger partial charge in [-0.3, -0.25) is 4.79 Å². The molecule has 0 spiro atoms.